The van der Waals surface area contributed by atoms with Crippen LogP contribution in [0, 0.1) is 5.92 Å². The molecule has 1 heterocycles. The van der Waals surface area contributed by atoms with E-state index in [1.807, 2.05) is 6.92 Å². The average Bonchev–Trinajstić information content (AvgIpc) is 2.76. The molecular weight excluding hydrogens is 264 g/mol. The van der Waals surface area contributed by atoms with Gasteiger partial charge >= 0.3 is 12.1 Å². The van der Waals surface area contributed by atoms with Gasteiger partial charge < -0.3 is 20.1 Å². The maximum Gasteiger partial charge on any atom is 0.407 e. The molecule has 1 saturated heterocycles. The smallest absolute Gasteiger partial charge is 0.407 e. The number of rotatable bonds is 4. The molecule has 0 saturated carbocycles. The van der Waals surface area contributed by atoms with Gasteiger partial charge in [0, 0.05) is 6.04 Å². The summed E-state index contributed by atoms with van der Waals surface area (Å²) >= 11 is 0. The summed E-state index contributed by atoms with van der Waals surface area (Å²) in [5.74, 6) is -1.55. The third kappa shape index (κ3) is 3.40. The lowest BCUT2D eigenvalue weighted by Gasteiger charge is -2.31. The second-order valence-electron chi connectivity index (χ2n) is 5.38. The van der Waals surface area contributed by atoms with Crippen molar-refractivity contribution in [1.29, 1.82) is 0 Å². The van der Waals surface area contributed by atoms with E-state index in [-0.39, 0.29) is 17.9 Å². The Kier molecular flexibility index (Phi) is 5.35. The number of carbonyl (C=O) groups excluding carboxylic acids is 2. The summed E-state index contributed by atoms with van der Waals surface area (Å²) in [5, 5.41) is 11.7. The molecular formula is C13H22N2O5. The maximum absolute atomic E-state index is 12.6. The van der Waals surface area contributed by atoms with Gasteiger partial charge in [0.05, 0.1) is 7.11 Å². The Morgan fingerprint density at radius 3 is 2.35 bits per heavy atom. The first-order valence-electron chi connectivity index (χ1n) is 6.69. The molecule has 0 aromatic carbocycles. The molecule has 1 aliphatic heterocycles. The van der Waals surface area contributed by atoms with Gasteiger partial charge in [0.1, 0.15) is 12.1 Å². The fraction of sp³-hybridized carbons (Fsp3) is 0.769. The van der Waals surface area contributed by atoms with E-state index in [9.17, 15) is 19.5 Å². The molecule has 2 N–H and O–H groups in total. The van der Waals surface area contributed by atoms with Crippen molar-refractivity contribution in [3.8, 4) is 0 Å². The van der Waals surface area contributed by atoms with Gasteiger partial charge in [-0.05, 0) is 25.7 Å². The van der Waals surface area contributed by atoms with E-state index in [1.165, 1.54) is 12.0 Å². The first-order valence-corrected chi connectivity index (χ1v) is 6.69. The number of aliphatic carboxylic acids is 1. The van der Waals surface area contributed by atoms with E-state index < -0.39 is 24.1 Å². The minimum atomic E-state index is -1.01. The van der Waals surface area contributed by atoms with Gasteiger partial charge in [0.25, 0.3) is 0 Å². The molecule has 1 rings (SSSR count). The third-order valence-corrected chi connectivity index (χ3v) is 3.60. The molecule has 1 aliphatic rings. The number of alkyl carbamates (subject to hydrolysis) is 1. The number of ether oxygens (including phenoxy) is 1. The highest BCUT2D eigenvalue weighted by Crippen LogP contribution is 2.26. The monoisotopic (exact) mass is 286 g/mol. The molecule has 0 aromatic rings. The first kappa shape index (κ1) is 16.3. The van der Waals surface area contributed by atoms with Gasteiger partial charge in [-0.2, -0.15) is 0 Å². The molecule has 1 unspecified atom stereocenters. The highest BCUT2D eigenvalue weighted by atomic mass is 16.5. The SMILES string of the molecule is COC(=O)N[C@H](C(=O)N1C(C(=O)O)CC[C@@H]1C)C(C)C. The van der Waals surface area contributed by atoms with Crippen LogP contribution in [0.1, 0.15) is 33.6 Å². The van der Waals surface area contributed by atoms with Crippen molar-refractivity contribution in [2.45, 2.75) is 51.7 Å². The zero-order chi connectivity index (χ0) is 15.4. The van der Waals surface area contributed by atoms with Gasteiger partial charge in [0.15, 0.2) is 0 Å². The van der Waals surface area contributed by atoms with E-state index in [0.717, 1.165) is 0 Å². The topological polar surface area (TPSA) is 95.9 Å². The van der Waals surface area contributed by atoms with Crippen LogP contribution in [0.4, 0.5) is 4.79 Å². The maximum atomic E-state index is 12.6. The standard InChI is InChI=1S/C13H22N2O5/c1-7(2)10(14-13(19)20-4)11(16)15-8(3)5-6-9(15)12(17)18/h7-10H,5-6H2,1-4H3,(H,14,19)(H,17,18)/t8-,9?,10-/m0/s1. The molecule has 0 aromatic heterocycles. The Bertz CT molecular complexity index is 396. The lowest BCUT2D eigenvalue weighted by molar-refractivity contribution is -0.150. The molecule has 7 nitrogen and oxygen atoms in total. The van der Waals surface area contributed by atoms with Gasteiger partial charge in [-0.1, -0.05) is 13.8 Å². The fourth-order valence-corrected chi connectivity index (χ4v) is 2.46. The minimum Gasteiger partial charge on any atom is -0.480 e. The van der Waals surface area contributed by atoms with Crippen molar-refractivity contribution in [3.63, 3.8) is 0 Å². The van der Waals surface area contributed by atoms with Crippen molar-refractivity contribution in [2.75, 3.05) is 7.11 Å². The van der Waals surface area contributed by atoms with Crippen LogP contribution in [0.25, 0.3) is 0 Å². The first-order chi connectivity index (χ1) is 9.29. The molecule has 7 heteroatoms. The number of likely N-dealkylation sites (tertiary alicyclic amines) is 1. The number of carboxylic acids is 1. The van der Waals surface area contributed by atoms with Crippen molar-refractivity contribution in [1.82, 2.24) is 10.2 Å². The Morgan fingerprint density at radius 1 is 1.30 bits per heavy atom. The van der Waals surface area contributed by atoms with Crippen LogP contribution in [0.5, 0.6) is 0 Å². The number of carbonyl (C=O) groups is 3. The predicted molar refractivity (Wildman–Crippen MR) is 71.1 cm³/mol. The van der Waals surface area contributed by atoms with E-state index >= 15 is 0 Å². The van der Waals surface area contributed by atoms with Crippen LogP contribution in [-0.4, -0.2) is 53.2 Å². The van der Waals surface area contributed by atoms with Gasteiger partial charge in [-0.25, -0.2) is 9.59 Å². The van der Waals surface area contributed by atoms with Crippen molar-refractivity contribution < 1.29 is 24.2 Å². The number of hydrogen-bond acceptors (Lipinski definition) is 4. The molecule has 0 radical (unpaired) electrons. The molecule has 20 heavy (non-hydrogen) atoms. The lowest BCUT2D eigenvalue weighted by atomic mass is 10.0. The van der Waals surface area contributed by atoms with Crippen LogP contribution in [0.2, 0.25) is 0 Å². The summed E-state index contributed by atoms with van der Waals surface area (Å²) in [6.07, 6.45) is 0.382. The summed E-state index contributed by atoms with van der Waals surface area (Å²) in [5.41, 5.74) is 0. The normalized spacial score (nSPS) is 23.6. The molecule has 0 aliphatic carbocycles. The number of carboxylic acid groups (broad SMARTS) is 1. The second kappa shape index (κ2) is 6.58. The van der Waals surface area contributed by atoms with Crippen molar-refractivity contribution >= 4 is 18.0 Å². The summed E-state index contributed by atoms with van der Waals surface area (Å²) in [6.45, 7) is 5.39. The van der Waals surface area contributed by atoms with Gasteiger partial charge in [0.2, 0.25) is 5.91 Å². The minimum absolute atomic E-state index is 0.149. The number of methoxy groups -OCH3 is 1. The van der Waals surface area contributed by atoms with Gasteiger partial charge in [-0.3, -0.25) is 4.79 Å². The molecule has 1 fully saturated rings. The summed E-state index contributed by atoms with van der Waals surface area (Å²) in [6, 6.07) is -1.76. The lowest BCUT2D eigenvalue weighted by Crippen LogP contribution is -2.55. The van der Waals surface area contributed by atoms with Crippen molar-refractivity contribution in [2.24, 2.45) is 5.92 Å². The summed E-state index contributed by atoms with van der Waals surface area (Å²) in [7, 11) is 1.22. The van der Waals surface area contributed by atoms with E-state index in [1.54, 1.807) is 13.8 Å². The largest absolute Gasteiger partial charge is 0.480 e. The van der Waals surface area contributed by atoms with E-state index in [4.69, 9.17) is 0 Å². The predicted octanol–water partition coefficient (Wildman–Crippen LogP) is 0.831. The molecule has 0 bridgehead atoms. The molecule has 2 amide bonds. The Morgan fingerprint density at radius 2 is 1.90 bits per heavy atom. The molecule has 114 valence electrons. The Balaban J connectivity index is 2.92. The highest BCUT2D eigenvalue weighted by Gasteiger charge is 2.42. The van der Waals surface area contributed by atoms with Crippen LogP contribution in [-0.2, 0) is 14.3 Å². The Hall–Kier alpha value is -1.79. The highest BCUT2D eigenvalue weighted by molar-refractivity contribution is 5.90. The average molecular weight is 286 g/mol. The summed E-state index contributed by atoms with van der Waals surface area (Å²) < 4.78 is 4.51. The van der Waals surface area contributed by atoms with E-state index in [0.29, 0.717) is 12.8 Å². The van der Waals surface area contributed by atoms with Crippen LogP contribution in [0.15, 0.2) is 0 Å². The van der Waals surface area contributed by atoms with Gasteiger partial charge in [-0.15, -0.1) is 0 Å². The Labute approximate surface area is 118 Å². The zero-order valence-electron chi connectivity index (χ0n) is 12.3. The molecule has 3 atom stereocenters. The number of nitrogens with one attached hydrogen (secondary N) is 1. The third-order valence-electron chi connectivity index (χ3n) is 3.60. The van der Waals surface area contributed by atoms with E-state index in [2.05, 4.69) is 10.1 Å². The number of amides is 2. The number of nitrogens with zero attached hydrogens (tertiary/aromatic N) is 1. The molecule has 0 spiro atoms. The summed E-state index contributed by atoms with van der Waals surface area (Å²) in [4.78, 5) is 36.5. The van der Waals surface area contributed by atoms with Crippen LogP contribution < -0.4 is 5.32 Å². The second-order valence-corrected chi connectivity index (χ2v) is 5.38. The van der Waals surface area contributed by atoms with Crippen molar-refractivity contribution in [3.05, 3.63) is 0 Å². The quantitative estimate of drug-likeness (QED) is 0.798. The number of hydrogen-bond donors (Lipinski definition) is 2. The van der Waals surface area contributed by atoms with Crippen LogP contribution in [0.3, 0.4) is 0 Å². The van der Waals surface area contributed by atoms with Crippen LogP contribution >= 0.6 is 0 Å². The fourth-order valence-electron chi connectivity index (χ4n) is 2.46. The zero-order valence-corrected chi connectivity index (χ0v) is 12.3.